The molecular formula is C10H4Cl5N3. The Bertz CT molecular complexity index is 603. The number of benzene rings is 1. The minimum absolute atomic E-state index is 0.116. The molecular weight excluding hydrogens is 339 g/mol. The maximum absolute atomic E-state index is 6.09. The Hall–Kier alpha value is -0.450. The first-order valence-corrected chi connectivity index (χ1v) is 6.41. The molecule has 0 aliphatic carbocycles. The van der Waals surface area contributed by atoms with Crippen molar-refractivity contribution < 1.29 is 0 Å². The Morgan fingerprint density at radius 3 is 1.94 bits per heavy atom. The molecule has 94 valence electrons. The van der Waals surface area contributed by atoms with Crippen LogP contribution in [0.5, 0.6) is 0 Å². The van der Waals surface area contributed by atoms with E-state index in [0.29, 0.717) is 5.56 Å². The van der Waals surface area contributed by atoms with Crippen LogP contribution in [0.1, 0.15) is 0 Å². The van der Waals surface area contributed by atoms with Gasteiger partial charge in [0.15, 0.2) is 0 Å². The van der Waals surface area contributed by atoms with Gasteiger partial charge >= 0.3 is 0 Å². The van der Waals surface area contributed by atoms with E-state index < -0.39 is 0 Å². The van der Waals surface area contributed by atoms with E-state index in [1.807, 2.05) is 0 Å². The minimum Gasteiger partial charge on any atom is -0.382 e. The van der Waals surface area contributed by atoms with Crippen LogP contribution in [0, 0.1) is 0 Å². The summed E-state index contributed by atoms with van der Waals surface area (Å²) in [5.74, 6) is 0.116. The van der Waals surface area contributed by atoms with Crippen molar-refractivity contribution in [2.24, 2.45) is 0 Å². The summed E-state index contributed by atoms with van der Waals surface area (Å²) in [5, 5.41) is 1.03. The first-order valence-electron chi connectivity index (χ1n) is 4.52. The number of aromatic nitrogens is 2. The molecule has 0 amide bonds. The standard InChI is InChI=1S/C10H4Cl5N3/c11-3-1-4(12)7(14)5(6(3)13)9-8(15)10(16)18-2-17-9/h1-2H,(H2,16,17,18). The lowest BCUT2D eigenvalue weighted by Crippen LogP contribution is -1.97. The molecule has 0 unspecified atom stereocenters. The third-order valence-electron chi connectivity index (χ3n) is 2.17. The van der Waals surface area contributed by atoms with Crippen molar-refractivity contribution in [1.82, 2.24) is 9.97 Å². The second-order valence-corrected chi connectivity index (χ2v) is 5.21. The summed E-state index contributed by atoms with van der Waals surface area (Å²) in [6, 6.07) is 1.44. The molecule has 0 bridgehead atoms. The maximum Gasteiger partial charge on any atom is 0.146 e. The third kappa shape index (κ3) is 2.33. The molecule has 0 aliphatic heterocycles. The van der Waals surface area contributed by atoms with E-state index in [9.17, 15) is 0 Å². The van der Waals surface area contributed by atoms with Crippen LogP contribution in [0.2, 0.25) is 25.1 Å². The van der Waals surface area contributed by atoms with Gasteiger partial charge in [-0.1, -0.05) is 58.0 Å². The van der Waals surface area contributed by atoms with E-state index in [0.717, 1.165) is 0 Å². The molecule has 0 atom stereocenters. The Morgan fingerprint density at radius 1 is 0.833 bits per heavy atom. The number of nitrogens with two attached hydrogens (primary N) is 1. The molecule has 0 spiro atoms. The van der Waals surface area contributed by atoms with Crippen LogP contribution in [0.25, 0.3) is 11.3 Å². The topological polar surface area (TPSA) is 51.8 Å². The van der Waals surface area contributed by atoms with Crippen molar-refractivity contribution in [1.29, 1.82) is 0 Å². The Balaban J connectivity index is 2.83. The van der Waals surface area contributed by atoms with Crippen molar-refractivity contribution in [2.75, 3.05) is 5.73 Å². The number of hydrogen-bond donors (Lipinski definition) is 1. The fourth-order valence-corrected chi connectivity index (χ4v) is 2.52. The summed E-state index contributed by atoms with van der Waals surface area (Å²) in [7, 11) is 0. The van der Waals surface area contributed by atoms with Gasteiger partial charge in [-0.05, 0) is 6.07 Å². The van der Waals surface area contributed by atoms with Gasteiger partial charge in [0, 0.05) is 5.56 Å². The molecule has 0 saturated carbocycles. The van der Waals surface area contributed by atoms with Gasteiger partial charge in [-0.25, -0.2) is 9.97 Å². The largest absolute Gasteiger partial charge is 0.382 e. The number of halogens is 5. The summed E-state index contributed by atoms with van der Waals surface area (Å²) in [5.41, 5.74) is 6.21. The number of anilines is 1. The molecule has 0 radical (unpaired) electrons. The quantitative estimate of drug-likeness (QED) is 0.742. The predicted octanol–water partition coefficient (Wildman–Crippen LogP) is 4.99. The summed E-state index contributed by atoms with van der Waals surface area (Å²) in [6.45, 7) is 0. The average molecular weight is 343 g/mol. The molecule has 2 N–H and O–H groups in total. The number of nitrogens with zero attached hydrogens (tertiary/aromatic N) is 2. The van der Waals surface area contributed by atoms with Gasteiger partial charge in [0.05, 0.1) is 25.8 Å². The fourth-order valence-electron chi connectivity index (χ4n) is 1.34. The summed E-state index contributed by atoms with van der Waals surface area (Å²) < 4.78 is 0. The molecule has 2 rings (SSSR count). The molecule has 0 saturated heterocycles. The highest BCUT2D eigenvalue weighted by atomic mass is 35.5. The molecule has 0 aliphatic rings. The normalized spacial score (nSPS) is 10.7. The highest BCUT2D eigenvalue weighted by Gasteiger charge is 2.20. The van der Waals surface area contributed by atoms with Gasteiger partial charge in [-0.3, -0.25) is 0 Å². The van der Waals surface area contributed by atoms with Crippen molar-refractivity contribution in [3.05, 3.63) is 37.5 Å². The maximum atomic E-state index is 6.09. The van der Waals surface area contributed by atoms with E-state index in [1.54, 1.807) is 0 Å². The SMILES string of the molecule is Nc1ncnc(-c2c(Cl)c(Cl)cc(Cl)c2Cl)c1Cl. The average Bonchev–Trinajstić information content (AvgIpc) is 2.32. The van der Waals surface area contributed by atoms with Crippen molar-refractivity contribution in [2.45, 2.75) is 0 Å². The lowest BCUT2D eigenvalue weighted by Gasteiger charge is -2.11. The van der Waals surface area contributed by atoms with E-state index in [4.69, 9.17) is 63.7 Å². The van der Waals surface area contributed by atoms with Crippen LogP contribution < -0.4 is 5.73 Å². The van der Waals surface area contributed by atoms with Gasteiger partial charge < -0.3 is 5.73 Å². The van der Waals surface area contributed by atoms with Crippen LogP contribution in [0.3, 0.4) is 0 Å². The van der Waals surface area contributed by atoms with Crippen LogP contribution in [-0.2, 0) is 0 Å². The molecule has 2 aromatic rings. The highest BCUT2D eigenvalue weighted by molar-refractivity contribution is 6.50. The lowest BCUT2D eigenvalue weighted by atomic mass is 10.1. The predicted molar refractivity (Wildman–Crippen MR) is 76.9 cm³/mol. The molecule has 18 heavy (non-hydrogen) atoms. The number of hydrogen-bond acceptors (Lipinski definition) is 3. The monoisotopic (exact) mass is 341 g/mol. The van der Waals surface area contributed by atoms with E-state index in [-0.39, 0.29) is 36.6 Å². The van der Waals surface area contributed by atoms with Crippen molar-refractivity contribution >= 4 is 63.8 Å². The van der Waals surface area contributed by atoms with Gasteiger partial charge in [0.1, 0.15) is 17.2 Å². The van der Waals surface area contributed by atoms with Gasteiger partial charge in [0.2, 0.25) is 0 Å². The summed E-state index contributed by atoms with van der Waals surface area (Å²) >= 11 is 30.1. The first-order chi connectivity index (χ1) is 8.43. The van der Waals surface area contributed by atoms with Gasteiger partial charge in [0.25, 0.3) is 0 Å². The summed E-state index contributed by atoms with van der Waals surface area (Å²) in [6.07, 6.45) is 1.25. The Labute approximate surface area is 128 Å². The fraction of sp³-hybridized carbons (Fsp3) is 0. The molecule has 1 heterocycles. The third-order valence-corrected chi connectivity index (χ3v) is 4.11. The lowest BCUT2D eigenvalue weighted by molar-refractivity contribution is 1.18. The Morgan fingerprint density at radius 2 is 1.39 bits per heavy atom. The second-order valence-electron chi connectivity index (χ2n) is 3.26. The second kappa shape index (κ2) is 5.27. The van der Waals surface area contributed by atoms with Crippen LogP contribution in [-0.4, -0.2) is 9.97 Å². The van der Waals surface area contributed by atoms with Crippen molar-refractivity contribution in [3.8, 4) is 11.3 Å². The molecule has 3 nitrogen and oxygen atoms in total. The number of rotatable bonds is 1. The van der Waals surface area contributed by atoms with Crippen molar-refractivity contribution in [3.63, 3.8) is 0 Å². The molecule has 1 aromatic carbocycles. The van der Waals surface area contributed by atoms with E-state index in [1.165, 1.54) is 12.4 Å². The van der Waals surface area contributed by atoms with Gasteiger partial charge in [-0.2, -0.15) is 0 Å². The first kappa shape index (κ1) is 14.0. The van der Waals surface area contributed by atoms with E-state index in [2.05, 4.69) is 9.97 Å². The van der Waals surface area contributed by atoms with Crippen LogP contribution in [0.15, 0.2) is 12.4 Å². The van der Waals surface area contributed by atoms with Gasteiger partial charge in [-0.15, -0.1) is 0 Å². The zero-order valence-electron chi connectivity index (χ0n) is 8.52. The van der Waals surface area contributed by atoms with Crippen LogP contribution in [0.4, 0.5) is 5.82 Å². The smallest absolute Gasteiger partial charge is 0.146 e. The Kier molecular flexibility index (Phi) is 4.09. The number of nitrogen functional groups attached to an aromatic ring is 1. The minimum atomic E-state index is 0.116. The molecule has 0 fully saturated rings. The molecule has 8 heteroatoms. The van der Waals surface area contributed by atoms with E-state index >= 15 is 0 Å². The highest BCUT2D eigenvalue weighted by Crippen LogP contribution is 2.44. The zero-order chi connectivity index (χ0) is 13.4. The van der Waals surface area contributed by atoms with Crippen LogP contribution >= 0.6 is 58.0 Å². The summed E-state index contributed by atoms with van der Waals surface area (Å²) in [4.78, 5) is 7.76. The zero-order valence-corrected chi connectivity index (χ0v) is 12.3. The molecule has 1 aromatic heterocycles.